The van der Waals surface area contributed by atoms with Crippen molar-refractivity contribution in [1.29, 1.82) is 0 Å². The van der Waals surface area contributed by atoms with Gasteiger partial charge >= 0.3 is 0 Å². The third kappa shape index (κ3) is 3.83. The fraction of sp³-hybridized carbons (Fsp3) is 0.444. The van der Waals surface area contributed by atoms with E-state index < -0.39 is 5.79 Å². The van der Waals surface area contributed by atoms with Crippen molar-refractivity contribution in [3.8, 4) is 0 Å². The van der Waals surface area contributed by atoms with Gasteiger partial charge in [-0.2, -0.15) is 0 Å². The van der Waals surface area contributed by atoms with Gasteiger partial charge < -0.3 is 15.2 Å². The Kier molecular flexibility index (Phi) is 4.71. The van der Waals surface area contributed by atoms with Crippen molar-refractivity contribution in [3.63, 3.8) is 0 Å². The molecule has 3 rings (SSSR count). The smallest absolute Gasteiger partial charge is 0.189 e. The van der Waals surface area contributed by atoms with Crippen LogP contribution in [-0.4, -0.2) is 30.6 Å². The van der Waals surface area contributed by atoms with E-state index >= 15 is 0 Å². The number of hydrogen-bond acceptors (Lipinski definition) is 3. The molecule has 2 aliphatic rings. The third-order valence-corrected chi connectivity index (χ3v) is 4.32. The van der Waals surface area contributed by atoms with Crippen molar-refractivity contribution < 1.29 is 14.2 Å². The number of ether oxygens (including phenoxy) is 1. The molecule has 0 radical (unpaired) electrons. The maximum absolute atomic E-state index is 13.3. The quantitative estimate of drug-likeness (QED) is 0.841. The summed E-state index contributed by atoms with van der Waals surface area (Å²) in [5.74, 6) is -0.983. The summed E-state index contributed by atoms with van der Waals surface area (Å²) < 4.78 is 19.0. The zero-order chi connectivity index (χ0) is 15.4. The van der Waals surface area contributed by atoms with Crippen LogP contribution < -0.4 is 5.32 Å². The second kappa shape index (κ2) is 6.73. The highest BCUT2D eigenvalue weighted by Crippen LogP contribution is 2.29. The molecular weight excluding hydrogens is 281 g/mol. The van der Waals surface area contributed by atoms with Crippen LogP contribution in [0.25, 0.3) is 5.57 Å². The van der Waals surface area contributed by atoms with Crippen LogP contribution in [0.3, 0.4) is 0 Å². The molecule has 22 heavy (non-hydrogen) atoms. The van der Waals surface area contributed by atoms with Crippen molar-refractivity contribution in [1.82, 2.24) is 5.32 Å². The van der Waals surface area contributed by atoms with Gasteiger partial charge in [0.15, 0.2) is 5.79 Å². The van der Waals surface area contributed by atoms with Gasteiger partial charge in [-0.05, 0) is 61.2 Å². The number of rotatable bonds is 4. The second-order valence-corrected chi connectivity index (χ2v) is 6.06. The Bertz CT molecular complexity index is 578. The Labute approximate surface area is 130 Å². The zero-order valence-corrected chi connectivity index (χ0v) is 12.6. The van der Waals surface area contributed by atoms with E-state index in [0.717, 1.165) is 37.1 Å². The number of halogens is 1. The summed E-state index contributed by atoms with van der Waals surface area (Å²) in [5, 5.41) is 13.8. The molecule has 0 saturated carbocycles. The number of piperidine rings is 1. The summed E-state index contributed by atoms with van der Waals surface area (Å²) in [6, 6.07) is 6.47. The van der Waals surface area contributed by atoms with Crippen molar-refractivity contribution in [2.24, 2.45) is 5.92 Å². The van der Waals surface area contributed by atoms with Gasteiger partial charge in [-0.3, -0.25) is 0 Å². The number of nitrogens with one attached hydrogen (secondary N) is 1. The molecule has 1 atom stereocenters. The van der Waals surface area contributed by atoms with Crippen LogP contribution in [0.4, 0.5) is 4.39 Å². The Morgan fingerprint density at radius 2 is 2.14 bits per heavy atom. The van der Waals surface area contributed by atoms with Crippen LogP contribution in [0.15, 0.2) is 42.5 Å². The molecule has 0 aromatic heterocycles. The van der Waals surface area contributed by atoms with Gasteiger partial charge in [0.2, 0.25) is 0 Å². The van der Waals surface area contributed by atoms with Gasteiger partial charge in [0, 0.05) is 6.42 Å². The van der Waals surface area contributed by atoms with Gasteiger partial charge in [0.1, 0.15) is 5.82 Å². The van der Waals surface area contributed by atoms with Gasteiger partial charge in [-0.1, -0.05) is 24.3 Å². The van der Waals surface area contributed by atoms with E-state index in [9.17, 15) is 9.50 Å². The van der Waals surface area contributed by atoms with Crippen LogP contribution in [0, 0.1) is 11.7 Å². The highest BCUT2D eigenvalue weighted by atomic mass is 19.1. The average molecular weight is 303 g/mol. The zero-order valence-electron chi connectivity index (χ0n) is 12.6. The predicted octanol–water partition coefficient (Wildman–Crippen LogP) is 2.87. The maximum atomic E-state index is 13.3. The van der Waals surface area contributed by atoms with E-state index in [1.54, 1.807) is 18.2 Å². The summed E-state index contributed by atoms with van der Waals surface area (Å²) in [4.78, 5) is 0. The number of hydrogen-bond donors (Lipinski definition) is 2. The second-order valence-electron chi connectivity index (χ2n) is 6.06. The molecule has 4 heteroatoms. The van der Waals surface area contributed by atoms with E-state index in [4.69, 9.17) is 4.74 Å². The van der Waals surface area contributed by atoms with Crippen LogP contribution in [-0.2, 0) is 4.74 Å². The molecule has 1 saturated heterocycles. The number of allylic oxidation sites excluding steroid dienone is 2. The van der Waals surface area contributed by atoms with Gasteiger partial charge in [-0.25, -0.2) is 4.39 Å². The maximum Gasteiger partial charge on any atom is 0.189 e. The fourth-order valence-electron chi connectivity index (χ4n) is 2.91. The van der Waals surface area contributed by atoms with Gasteiger partial charge in [0.05, 0.1) is 6.61 Å². The van der Waals surface area contributed by atoms with Gasteiger partial charge in [0.25, 0.3) is 0 Å². The largest absolute Gasteiger partial charge is 0.362 e. The van der Waals surface area contributed by atoms with Crippen molar-refractivity contribution in [2.45, 2.75) is 25.0 Å². The monoisotopic (exact) mass is 303 g/mol. The molecule has 0 bridgehead atoms. The molecule has 2 N–H and O–H groups in total. The Balaban J connectivity index is 1.58. The first-order valence-electron chi connectivity index (χ1n) is 7.87. The Morgan fingerprint density at radius 3 is 2.82 bits per heavy atom. The van der Waals surface area contributed by atoms with E-state index in [2.05, 4.69) is 5.32 Å². The topological polar surface area (TPSA) is 41.5 Å². The highest BCUT2D eigenvalue weighted by Gasteiger charge is 2.27. The van der Waals surface area contributed by atoms with E-state index in [1.165, 1.54) is 12.1 Å². The molecule has 1 aromatic carbocycles. The molecule has 0 amide bonds. The summed E-state index contributed by atoms with van der Waals surface area (Å²) in [7, 11) is 0. The molecule has 1 unspecified atom stereocenters. The average Bonchev–Trinajstić information content (AvgIpc) is 2.55. The van der Waals surface area contributed by atoms with E-state index in [0.29, 0.717) is 18.9 Å². The third-order valence-electron chi connectivity index (χ3n) is 4.32. The predicted molar refractivity (Wildman–Crippen MR) is 84.6 cm³/mol. The van der Waals surface area contributed by atoms with Crippen molar-refractivity contribution in [2.75, 3.05) is 19.7 Å². The minimum Gasteiger partial charge on any atom is -0.362 e. The standard InChI is InChI=1S/C18H22FNO2/c19-17-3-1-2-16(12-17)15-4-8-18(21,9-5-15)22-13-14-6-10-20-11-7-14/h1-5,8,12,14,20-21H,6-7,9-11,13H2. The Morgan fingerprint density at radius 1 is 1.32 bits per heavy atom. The first-order valence-corrected chi connectivity index (χ1v) is 7.87. The SMILES string of the molecule is OC1(OCC2CCNCC2)C=CC(c2cccc(F)c2)=CC1. The van der Waals surface area contributed by atoms with E-state index in [-0.39, 0.29) is 5.82 Å². The molecule has 1 heterocycles. The molecule has 1 aliphatic heterocycles. The lowest BCUT2D eigenvalue weighted by Gasteiger charge is -2.30. The molecular formula is C18H22FNO2. The normalized spacial score (nSPS) is 26.0. The van der Waals surface area contributed by atoms with Crippen LogP contribution in [0.2, 0.25) is 0 Å². The molecule has 0 spiro atoms. The lowest BCUT2D eigenvalue weighted by atomic mass is 9.95. The Hall–Kier alpha value is -1.49. The molecule has 1 aliphatic carbocycles. The fourth-order valence-corrected chi connectivity index (χ4v) is 2.91. The minimum atomic E-state index is -1.23. The lowest BCUT2D eigenvalue weighted by Crippen LogP contribution is -2.36. The molecule has 118 valence electrons. The first kappa shape index (κ1) is 15.4. The molecule has 1 aromatic rings. The molecule has 3 nitrogen and oxygen atoms in total. The first-order chi connectivity index (χ1) is 10.6. The number of aliphatic hydroxyl groups is 1. The summed E-state index contributed by atoms with van der Waals surface area (Å²) in [5.41, 5.74) is 1.73. The summed E-state index contributed by atoms with van der Waals surface area (Å²) in [6.45, 7) is 2.61. The van der Waals surface area contributed by atoms with Crippen LogP contribution in [0.1, 0.15) is 24.8 Å². The number of benzene rings is 1. The van der Waals surface area contributed by atoms with Crippen molar-refractivity contribution in [3.05, 3.63) is 53.9 Å². The lowest BCUT2D eigenvalue weighted by molar-refractivity contribution is -0.173. The van der Waals surface area contributed by atoms with Crippen molar-refractivity contribution >= 4 is 5.57 Å². The summed E-state index contributed by atoms with van der Waals surface area (Å²) in [6.07, 6.45) is 7.95. The van der Waals surface area contributed by atoms with Crippen LogP contribution in [0.5, 0.6) is 0 Å². The van der Waals surface area contributed by atoms with E-state index in [1.807, 2.05) is 12.1 Å². The summed E-state index contributed by atoms with van der Waals surface area (Å²) >= 11 is 0. The minimum absolute atomic E-state index is 0.255. The van der Waals surface area contributed by atoms with Gasteiger partial charge in [-0.15, -0.1) is 0 Å². The molecule has 1 fully saturated rings. The highest BCUT2D eigenvalue weighted by molar-refractivity contribution is 5.75. The van der Waals surface area contributed by atoms with Crippen LogP contribution >= 0.6 is 0 Å².